The average molecular weight is 398 g/mol. The molecule has 2 aromatic carbocycles. The van der Waals surface area contributed by atoms with E-state index in [0.29, 0.717) is 19.7 Å². The standard InChI is InChI=1S/C23H27FN2O3/c1-2-29-22-10-6-3-7-18(22)17-25-13-15-26(16-14-25)23(28)12-11-21(27)19-8-4-5-9-20(19)24/h3-10H,2,11-17H2,1H3. The summed E-state index contributed by atoms with van der Waals surface area (Å²) in [4.78, 5) is 28.7. The Hall–Kier alpha value is -2.73. The summed E-state index contributed by atoms with van der Waals surface area (Å²) in [5.41, 5.74) is 1.20. The van der Waals surface area contributed by atoms with Crippen LogP contribution in [0.3, 0.4) is 0 Å². The molecule has 1 aliphatic heterocycles. The number of carbonyl (C=O) groups is 2. The number of hydrogen-bond acceptors (Lipinski definition) is 4. The van der Waals surface area contributed by atoms with Crippen LogP contribution in [0.5, 0.6) is 5.75 Å². The zero-order chi connectivity index (χ0) is 20.6. The quantitative estimate of drug-likeness (QED) is 0.639. The van der Waals surface area contributed by atoms with Gasteiger partial charge < -0.3 is 9.64 Å². The SMILES string of the molecule is CCOc1ccccc1CN1CCN(C(=O)CCC(=O)c2ccccc2F)CC1. The van der Waals surface area contributed by atoms with Crippen molar-refractivity contribution < 1.29 is 18.7 Å². The molecule has 0 spiro atoms. The van der Waals surface area contributed by atoms with Crippen LogP contribution >= 0.6 is 0 Å². The molecule has 0 aliphatic carbocycles. The number of rotatable bonds is 8. The highest BCUT2D eigenvalue weighted by Gasteiger charge is 2.22. The molecule has 29 heavy (non-hydrogen) atoms. The van der Waals surface area contributed by atoms with E-state index < -0.39 is 5.82 Å². The van der Waals surface area contributed by atoms with Crippen LogP contribution in [0.15, 0.2) is 48.5 Å². The Bertz CT molecular complexity index is 848. The third-order valence-corrected chi connectivity index (χ3v) is 5.13. The molecule has 6 heteroatoms. The number of nitrogens with zero attached hydrogens (tertiary/aromatic N) is 2. The lowest BCUT2D eigenvalue weighted by Crippen LogP contribution is -2.48. The topological polar surface area (TPSA) is 49.9 Å². The molecule has 1 aliphatic rings. The van der Waals surface area contributed by atoms with Gasteiger partial charge in [-0.05, 0) is 25.1 Å². The molecule has 0 saturated carbocycles. The third kappa shape index (κ3) is 5.64. The van der Waals surface area contributed by atoms with Gasteiger partial charge in [0.15, 0.2) is 5.78 Å². The largest absolute Gasteiger partial charge is 0.494 e. The molecule has 154 valence electrons. The first kappa shape index (κ1) is 21.0. The van der Waals surface area contributed by atoms with Crippen LogP contribution < -0.4 is 4.74 Å². The predicted octanol–water partition coefficient (Wildman–Crippen LogP) is 3.53. The number of ether oxygens (including phenoxy) is 1. The first-order chi connectivity index (χ1) is 14.1. The van der Waals surface area contributed by atoms with Gasteiger partial charge in [0, 0.05) is 51.1 Å². The molecule has 2 aromatic rings. The van der Waals surface area contributed by atoms with E-state index in [4.69, 9.17) is 4.74 Å². The highest BCUT2D eigenvalue weighted by atomic mass is 19.1. The number of carbonyl (C=O) groups excluding carboxylic acids is 2. The molecule has 3 rings (SSSR count). The van der Waals surface area contributed by atoms with Crippen molar-refractivity contribution in [3.05, 3.63) is 65.5 Å². The van der Waals surface area contributed by atoms with Crippen LogP contribution in [0.4, 0.5) is 4.39 Å². The lowest BCUT2D eigenvalue weighted by molar-refractivity contribution is -0.133. The highest BCUT2D eigenvalue weighted by Crippen LogP contribution is 2.21. The average Bonchev–Trinajstić information content (AvgIpc) is 2.74. The van der Waals surface area contributed by atoms with E-state index >= 15 is 0 Å². The molecular weight excluding hydrogens is 371 g/mol. The summed E-state index contributed by atoms with van der Waals surface area (Å²) in [6, 6.07) is 13.9. The van der Waals surface area contributed by atoms with Gasteiger partial charge in [0.05, 0.1) is 12.2 Å². The van der Waals surface area contributed by atoms with Crippen LogP contribution in [0.2, 0.25) is 0 Å². The predicted molar refractivity (Wildman–Crippen MR) is 109 cm³/mol. The van der Waals surface area contributed by atoms with Crippen molar-refractivity contribution in [3.63, 3.8) is 0 Å². The Morgan fingerprint density at radius 1 is 0.966 bits per heavy atom. The molecule has 0 unspecified atom stereocenters. The Morgan fingerprint density at radius 3 is 2.38 bits per heavy atom. The van der Waals surface area contributed by atoms with E-state index in [0.717, 1.165) is 30.9 Å². The Balaban J connectivity index is 1.46. The number of piperazine rings is 1. The Morgan fingerprint density at radius 2 is 1.66 bits per heavy atom. The van der Waals surface area contributed by atoms with E-state index in [1.54, 1.807) is 17.0 Å². The maximum atomic E-state index is 13.7. The Kier molecular flexibility index (Phi) is 7.36. The Labute approximate surface area is 171 Å². The van der Waals surface area contributed by atoms with Crippen LogP contribution in [-0.2, 0) is 11.3 Å². The molecule has 1 amide bonds. The summed E-state index contributed by atoms with van der Waals surface area (Å²) in [5.74, 6) is -0.0160. The van der Waals surface area contributed by atoms with Crippen molar-refractivity contribution >= 4 is 11.7 Å². The number of ketones is 1. The van der Waals surface area contributed by atoms with Crippen molar-refractivity contribution in [2.45, 2.75) is 26.3 Å². The molecule has 1 saturated heterocycles. The van der Waals surface area contributed by atoms with Crippen LogP contribution in [-0.4, -0.2) is 54.3 Å². The van der Waals surface area contributed by atoms with Crippen molar-refractivity contribution in [2.75, 3.05) is 32.8 Å². The molecule has 0 aromatic heterocycles. The minimum absolute atomic E-state index is 0.0295. The van der Waals surface area contributed by atoms with Gasteiger partial charge in [-0.15, -0.1) is 0 Å². The first-order valence-corrected chi connectivity index (χ1v) is 10.1. The molecule has 1 heterocycles. The number of amides is 1. The molecule has 0 bridgehead atoms. The minimum Gasteiger partial charge on any atom is -0.494 e. The zero-order valence-corrected chi connectivity index (χ0v) is 16.8. The van der Waals surface area contributed by atoms with Gasteiger partial charge in [-0.2, -0.15) is 0 Å². The van der Waals surface area contributed by atoms with Crippen molar-refractivity contribution in [1.82, 2.24) is 9.80 Å². The number of para-hydroxylation sites is 1. The summed E-state index contributed by atoms with van der Waals surface area (Å²) in [5, 5.41) is 0. The van der Waals surface area contributed by atoms with Crippen LogP contribution in [0.1, 0.15) is 35.7 Å². The summed E-state index contributed by atoms with van der Waals surface area (Å²) in [7, 11) is 0. The molecule has 0 N–H and O–H groups in total. The van der Waals surface area contributed by atoms with Gasteiger partial charge in [0.2, 0.25) is 5.91 Å². The molecule has 0 atom stereocenters. The van der Waals surface area contributed by atoms with Gasteiger partial charge in [-0.3, -0.25) is 14.5 Å². The number of hydrogen-bond donors (Lipinski definition) is 0. The molecule has 0 radical (unpaired) electrons. The monoisotopic (exact) mass is 398 g/mol. The van der Waals surface area contributed by atoms with E-state index in [2.05, 4.69) is 11.0 Å². The van der Waals surface area contributed by atoms with Crippen LogP contribution in [0, 0.1) is 5.82 Å². The van der Waals surface area contributed by atoms with E-state index in [9.17, 15) is 14.0 Å². The van der Waals surface area contributed by atoms with Gasteiger partial charge in [-0.1, -0.05) is 30.3 Å². The smallest absolute Gasteiger partial charge is 0.223 e. The summed E-state index contributed by atoms with van der Waals surface area (Å²) >= 11 is 0. The maximum absolute atomic E-state index is 13.7. The summed E-state index contributed by atoms with van der Waals surface area (Å²) in [6.45, 7) is 6.18. The van der Waals surface area contributed by atoms with Gasteiger partial charge in [0.1, 0.15) is 11.6 Å². The summed E-state index contributed by atoms with van der Waals surface area (Å²) < 4.78 is 19.4. The second-order valence-electron chi connectivity index (χ2n) is 7.10. The van der Waals surface area contributed by atoms with Crippen molar-refractivity contribution in [2.24, 2.45) is 0 Å². The summed E-state index contributed by atoms with van der Waals surface area (Å²) in [6.07, 6.45) is 0.141. The van der Waals surface area contributed by atoms with E-state index in [1.165, 1.54) is 12.1 Å². The van der Waals surface area contributed by atoms with Crippen molar-refractivity contribution in [3.8, 4) is 5.75 Å². The first-order valence-electron chi connectivity index (χ1n) is 10.1. The fourth-order valence-corrected chi connectivity index (χ4v) is 3.53. The molecular formula is C23H27FN2O3. The van der Waals surface area contributed by atoms with Crippen molar-refractivity contribution in [1.29, 1.82) is 0 Å². The normalized spacial score (nSPS) is 14.6. The molecule has 1 fully saturated rings. The van der Waals surface area contributed by atoms with Gasteiger partial charge in [-0.25, -0.2) is 4.39 Å². The number of benzene rings is 2. The fraction of sp³-hybridized carbons (Fsp3) is 0.391. The second-order valence-corrected chi connectivity index (χ2v) is 7.10. The highest BCUT2D eigenvalue weighted by molar-refractivity contribution is 5.98. The maximum Gasteiger partial charge on any atom is 0.223 e. The van der Waals surface area contributed by atoms with Gasteiger partial charge in [0.25, 0.3) is 0 Å². The zero-order valence-electron chi connectivity index (χ0n) is 16.8. The fourth-order valence-electron chi connectivity index (χ4n) is 3.53. The van der Waals surface area contributed by atoms with E-state index in [-0.39, 0.29) is 30.1 Å². The lowest BCUT2D eigenvalue weighted by atomic mass is 10.1. The van der Waals surface area contributed by atoms with Gasteiger partial charge >= 0.3 is 0 Å². The lowest BCUT2D eigenvalue weighted by Gasteiger charge is -2.35. The molecule has 5 nitrogen and oxygen atoms in total. The van der Waals surface area contributed by atoms with Crippen LogP contribution in [0.25, 0.3) is 0 Å². The third-order valence-electron chi connectivity index (χ3n) is 5.13. The minimum atomic E-state index is -0.536. The second kappa shape index (κ2) is 10.2. The number of halogens is 1. The number of Topliss-reactive ketones (excluding diaryl/α,β-unsaturated/α-hetero) is 1. The van der Waals surface area contributed by atoms with E-state index in [1.807, 2.05) is 25.1 Å².